The zero-order valence-corrected chi connectivity index (χ0v) is 17.9. The molecule has 0 saturated carbocycles. The van der Waals surface area contributed by atoms with Crippen LogP contribution in [0.3, 0.4) is 0 Å². The Hall–Kier alpha value is -2.44. The minimum Gasteiger partial charge on any atom is -0.489 e. The van der Waals surface area contributed by atoms with E-state index >= 15 is 0 Å². The first-order valence-electron chi connectivity index (χ1n) is 11.1. The van der Waals surface area contributed by atoms with E-state index in [-0.39, 0.29) is 12.0 Å². The SMILES string of the molecule is CCN1CCN(C(=O)c2ccccc2OC2CCN(Cc3ccccn3)CC2)CC1. The number of piperazine rings is 1. The number of nitrogens with zero attached hydrogens (tertiary/aromatic N) is 4. The second-order valence-electron chi connectivity index (χ2n) is 8.14. The lowest BCUT2D eigenvalue weighted by Gasteiger charge is -2.35. The first kappa shape index (κ1) is 20.8. The van der Waals surface area contributed by atoms with Crippen LogP contribution in [0.1, 0.15) is 35.8 Å². The van der Waals surface area contributed by atoms with Crippen LogP contribution >= 0.6 is 0 Å². The van der Waals surface area contributed by atoms with Gasteiger partial charge in [-0.3, -0.25) is 14.7 Å². The summed E-state index contributed by atoms with van der Waals surface area (Å²) in [5.41, 5.74) is 1.80. The van der Waals surface area contributed by atoms with Gasteiger partial charge in [0.25, 0.3) is 5.91 Å². The molecule has 0 N–H and O–H groups in total. The molecule has 3 heterocycles. The maximum Gasteiger partial charge on any atom is 0.257 e. The fourth-order valence-corrected chi connectivity index (χ4v) is 4.27. The zero-order valence-electron chi connectivity index (χ0n) is 17.9. The van der Waals surface area contributed by atoms with Crippen molar-refractivity contribution in [2.75, 3.05) is 45.8 Å². The number of piperidine rings is 1. The number of hydrogen-bond acceptors (Lipinski definition) is 5. The third-order valence-electron chi connectivity index (χ3n) is 6.16. The number of likely N-dealkylation sites (tertiary alicyclic amines) is 1. The van der Waals surface area contributed by atoms with Crippen LogP contribution in [-0.2, 0) is 6.54 Å². The maximum absolute atomic E-state index is 13.1. The van der Waals surface area contributed by atoms with Gasteiger partial charge in [-0.15, -0.1) is 0 Å². The summed E-state index contributed by atoms with van der Waals surface area (Å²) in [5, 5.41) is 0. The minimum atomic E-state index is 0.0916. The lowest BCUT2D eigenvalue weighted by molar-refractivity contribution is 0.0626. The summed E-state index contributed by atoms with van der Waals surface area (Å²) >= 11 is 0. The van der Waals surface area contributed by atoms with E-state index in [4.69, 9.17) is 4.74 Å². The second kappa shape index (κ2) is 10.0. The van der Waals surface area contributed by atoms with Gasteiger partial charge in [-0.25, -0.2) is 0 Å². The third kappa shape index (κ3) is 5.18. The van der Waals surface area contributed by atoms with Crippen LogP contribution in [0.5, 0.6) is 5.75 Å². The van der Waals surface area contributed by atoms with Gasteiger partial charge in [0.15, 0.2) is 0 Å². The van der Waals surface area contributed by atoms with Gasteiger partial charge in [0.1, 0.15) is 11.9 Å². The fourth-order valence-electron chi connectivity index (χ4n) is 4.27. The molecule has 30 heavy (non-hydrogen) atoms. The van der Waals surface area contributed by atoms with E-state index in [1.54, 1.807) is 0 Å². The Labute approximate surface area is 179 Å². The molecule has 1 aromatic carbocycles. The van der Waals surface area contributed by atoms with Crippen molar-refractivity contribution < 1.29 is 9.53 Å². The van der Waals surface area contributed by atoms with E-state index in [0.717, 1.165) is 76.6 Å². The Morgan fingerprint density at radius 1 is 0.967 bits per heavy atom. The van der Waals surface area contributed by atoms with Crippen LogP contribution in [0.4, 0.5) is 0 Å². The minimum absolute atomic E-state index is 0.0916. The highest BCUT2D eigenvalue weighted by molar-refractivity contribution is 5.97. The van der Waals surface area contributed by atoms with Gasteiger partial charge in [-0.05, 0) is 43.7 Å². The molecule has 2 aliphatic rings. The first-order valence-corrected chi connectivity index (χ1v) is 11.1. The summed E-state index contributed by atoms with van der Waals surface area (Å²) in [6.07, 6.45) is 3.92. The number of benzene rings is 1. The highest BCUT2D eigenvalue weighted by Crippen LogP contribution is 2.25. The van der Waals surface area contributed by atoms with Gasteiger partial charge in [-0.1, -0.05) is 25.1 Å². The molecule has 2 saturated heterocycles. The molecule has 2 aromatic rings. The van der Waals surface area contributed by atoms with Crippen molar-refractivity contribution >= 4 is 5.91 Å². The van der Waals surface area contributed by atoms with Gasteiger partial charge >= 0.3 is 0 Å². The van der Waals surface area contributed by atoms with Crippen molar-refractivity contribution in [3.8, 4) is 5.75 Å². The maximum atomic E-state index is 13.1. The fraction of sp³-hybridized carbons (Fsp3) is 0.500. The van der Waals surface area contributed by atoms with Crippen LogP contribution in [0.15, 0.2) is 48.7 Å². The Morgan fingerprint density at radius 2 is 1.70 bits per heavy atom. The van der Waals surface area contributed by atoms with Crippen molar-refractivity contribution in [1.29, 1.82) is 0 Å². The quantitative estimate of drug-likeness (QED) is 0.736. The number of amides is 1. The van der Waals surface area contributed by atoms with Gasteiger partial charge < -0.3 is 14.5 Å². The zero-order chi connectivity index (χ0) is 20.8. The van der Waals surface area contributed by atoms with Crippen LogP contribution in [0.25, 0.3) is 0 Å². The number of rotatable bonds is 6. The standard InChI is InChI=1S/C24H32N4O2/c1-2-26-15-17-28(18-16-26)24(29)22-8-3-4-9-23(22)30-21-10-13-27(14-11-21)19-20-7-5-6-12-25-20/h3-9,12,21H,2,10-11,13-19H2,1H3. The Bertz CT molecular complexity index is 813. The molecule has 2 fully saturated rings. The molecular weight excluding hydrogens is 376 g/mol. The van der Waals surface area contributed by atoms with E-state index in [2.05, 4.69) is 27.8 Å². The van der Waals surface area contributed by atoms with Crippen molar-refractivity contribution in [2.45, 2.75) is 32.4 Å². The first-order chi connectivity index (χ1) is 14.7. The summed E-state index contributed by atoms with van der Waals surface area (Å²) in [4.78, 5) is 24.3. The van der Waals surface area contributed by atoms with Crippen LogP contribution in [-0.4, -0.2) is 77.5 Å². The average Bonchev–Trinajstić information content (AvgIpc) is 2.81. The summed E-state index contributed by atoms with van der Waals surface area (Å²) < 4.78 is 6.34. The van der Waals surface area contributed by atoms with E-state index < -0.39 is 0 Å². The molecule has 0 radical (unpaired) electrons. The number of hydrogen-bond donors (Lipinski definition) is 0. The third-order valence-corrected chi connectivity index (χ3v) is 6.16. The molecule has 0 atom stereocenters. The molecule has 0 aliphatic carbocycles. The number of carbonyl (C=O) groups is 1. The molecule has 6 heteroatoms. The van der Waals surface area contributed by atoms with E-state index in [9.17, 15) is 4.79 Å². The predicted octanol–water partition coefficient (Wildman–Crippen LogP) is 2.90. The molecule has 0 bridgehead atoms. The van der Waals surface area contributed by atoms with Crippen molar-refractivity contribution in [2.24, 2.45) is 0 Å². The summed E-state index contributed by atoms with van der Waals surface area (Å²) in [7, 11) is 0. The number of para-hydroxylation sites is 1. The molecule has 2 aliphatic heterocycles. The normalized spacial score (nSPS) is 19.0. The molecule has 1 aromatic heterocycles. The summed E-state index contributed by atoms with van der Waals surface area (Å²) in [6, 6.07) is 13.8. The average molecular weight is 409 g/mol. The lowest BCUT2D eigenvalue weighted by atomic mass is 10.1. The van der Waals surface area contributed by atoms with Gasteiger partial charge in [0.2, 0.25) is 0 Å². The molecule has 160 valence electrons. The summed E-state index contributed by atoms with van der Waals surface area (Å²) in [6.45, 7) is 9.52. The molecule has 0 spiro atoms. The monoisotopic (exact) mass is 408 g/mol. The van der Waals surface area contributed by atoms with Crippen molar-refractivity contribution in [3.05, 3.63) is 59.9 Å². The second-order valence-corrected chi connectivity index (χ2v) is 8.14. The lowest BCUT2D eigenvalue weighted by Crippen LogP contribution is -2.48. The Morgan fingerprint density at radius 3 is 2.40 bits per heavy atom. The van der Waals surface area contributed by atoms with E-state index in [1.807, 2.05) is 47.5 Å². The van der Waals surface area contributed by atoms with Crippen molar-refractivity contribution in [3.63, 3.8) is 0 Å². The van der Waals surface area contributed by atoms with Gasteiger partial charge in [0, 0.05) is 52.0 Å². The van der Waals surface area contributed by atoms with Gasteiger partial charge in [-0.2, -0.15) is 0 Å². The Balaban J connectivity index is 1.33. The highest BCUT2D eigenvalue weighted by atomic mass is 16.5. The molecule has 4 rings (SSSR count). The Kier molecular flexibility index (Phi) is 6.97. The largest absolute Gasteiger partial charge is 0.489 e. The number of carbonyl (C=O) groups excluding carboxylic acids is 1. The number of likely N-dealkylation sites (N-methyl/N-ethyl adjacent to an activating group) is 1. The topological polar surface area (TPSA) is 48.9 Å². The molecule has 0 unspecified atom stereocenters. The molecule has 6 nitrogen and oxygen atoms in total. The van der Waals surface area contributed by atoms with Crippen LogP contribution in [0, 0.1) is 0 Å². The number of ether oxygens (including phenoxy) is 1. The molecular formula is C24H32N4O2. The van der Waals surface area contributed by atoms with E-state index in [0.29, 0.717) is 5.56 Å². The highest BCUT2D eigenvalue weighted by Gasteiger charge is 2.26. The predicted molar refractivity (Wildman–Crippen MR) is 118 cm³/mol. The van der Waals surface area contributed by atoms with E-state index in [1.165, 1.54) is 0 Å². The van der Waals surface area contributed by atoms with Gasteiger partial charge in [0.05, 0.1) is 11.3 Å². The number of aromatic nitrogens is 1. The smallest absolute Gasteiger partial charge is 0.257 e. The molecule has 1 amide bonds. The van der Waals surface area contributed by atoms with Crippen LogP contribution in [0.2, 0.25) is 0 Å². The van der Waals surface area contributed by atoms with Crippen LogP contribution < -0.4 is 4.74 Å². The summed E-state index contributed by atoms with van der Waals surface area (Å²) in [5.74, 6) is 0.817. The van der Waals surface area contributed by atoms with Crippen molar-refractivity contribution in [1.82, 2.24) is 19.7 Å². The number of pyridine rings is 1.